The second-order valence-electron chi connectivity index (χ2n) is 3.52. The maximum Gasteiger partial charge on any atom is 0.404 e. The number of carbonyl (C=O) groups is 2. The van der Waals surface area contributed by atoms with Crippen LogP contribution in [0.25, 0.3) is 0 Å². The Morgan fingerprint density at radius 3 is 2.56 bits per heavy atom. The van der Waals surface area contributed by atoms with Crippen LogP contribution in [-0.4, -0.2) is 41.4 Å². The summed E-state index contributed by atoms with van der Waals surface area (Å²) in [5.74, 6) is -0.00280. The van der Waals surface area contributed by atoms with Crippen molar-refractivity contribution in [3.05, 3.63) is 12.2 Å². The van der Waals surface area contributed by atoms with Crippen LogP contribution < -0.4 is 5.73 Å². The number of likely N-dealkylation sites (tertiary alicyclic amines) is 1. The molecule has 1 saturated heterocycles. The first-order chi connectivity index (χ1) is 7.63. The van der Waals surface area contributed by atoms with Crippen molar-refractivity contribution >= 4 is 27.9 Å². The molecule has 16 heavy (non-hydrogen) atoms. The third-order valence-corrected chi connectivity index (χ3v) is 2.76. The highest BCUT2D eigenvalue weighted by Gasteiger charge is 2.23. The maximum absolute atomic E-state index is 11.6. The minimum atomic E-state index is -0.746. The number of nitrogens with zero attached hydrogens (tertiary/aromatic N) is 1. The first-order valence-electron chi connectivity index (χ1n) is 5.11. The van der Waals surface area contributed by atoms with Gasteiger partial charge in [-0.3, -0.25) is 4.79 Å². The van der Waals surface area contributed by atoms with Crippen LogP contribution in [-0.2, 0) is 9.53 Å². The van der Waals surface area contributed by atoms with Gasteiger partial charge in [0.25, 0.3) is 0 Å². The molecule has 0 aromatic rings. The van der Waals surface area contributed by atoms with Crippen molar-refractivity contribution < 1.29 is 14.3 Å². The number of allylic oxidation sites excluding steroid dienone is 1. The van der Waals surface area contributed by atoms with Crippen molar-refractivity contribution in [2.24, 2.45) is 5.73 Å². The fraction of sp³-hybridized carbons (Fsp3) is 0.600. The van der Waals surface area contributed by atoms with Gasteiger partial charge < -0.3 is 15.4 Å². The van der Waals surface area contributed by atoms with Crippen LogP contribution in [0.5, 0.6) is 0 Å². The number of nitrogens with two attached hydrogens (primary N) is 1. The van der Waals surface area contributed by atoms with Gasteiger partial charge in [0.2, 0.25) is 5.91 Å². The molecule has 1 aliphatic heterocycles. The standard InChI is InChI=1S/C10H15BrN2O3/c11-5-1-2-9(14)13-6-3-8(4-7-13)16-10(12)15/h1-2,8H,3-7H2,(H2,12,15)/b2-1+. The number of halogens is 1. The van der Waals surface area contributed by atoms with E-state index in [0.29, 0.717) is 31.3 Å². The van der Waals surface area contributed by atoms with Gasteiger partial charge in [-0.05, 0) is 6.08 Å². The fourth-order valence-electron chi connectivity index (χ4n) is 1.61. The summed E-state index contributed by atoms with van der Waals surface area (Å²) in [6, 6.07) is 0. The molecule has 2 N–H and O–H groups in total. The van der Waals surface area contributed by atoms with Crippen molar-refractivity contribution in [1.82, 2.24) is 4.90 Å². The summed E-state index contributed by atoms with van der Waals surface area (Å²) >= 11 is 3.21. The maximum atomic E-state index is 11.6. The minimum Gasteiger partial charge on any atom is -0.446 e. The lowest BCUT2D eigenvalue weighted by Gasteiger charge is -2.30. The average Bonchev–Trinajstić information content (AvgIpc) is 2.26. The molecule has 0 bridgehead atoms. The van der Waals surface area contributed by atoms with Crippen molar-refractivity contribution in [2.45, 2.75) is 18.9 Å². The van der Waals surface area contributed by atoms with Crippen LogP contribution in [0.1, 0.15) is 12.8 Å². The Hall–Kier alpha value is -1.04. The van der Waals surface area contributed by atoms with E-state index in [1.807, 2.05) is 0 Å². The van der Waals surface area contributed by atoms with Crippen LogP contribution in [0.2, 0.25) is 0 Å². The van der Waals surface area contributed by atoms with E-state index in [1.54, 1.807) is 17.1 Å². The van der Waals surface area contributed by atoms with Gasteiger partial charge in [-0.25, -0.2) is 4.79 Å². The zero-order chi connectivity index (χ0) is 12.0. The second kappa shape index (κ2) is 6.52. The molecule has 0 aromatic carbocycles. The largest absolute Gasteiger partial charge is 0.446 e. The highest BCUT2D eigenvalue weighted by atomic mass is 79.9. The van der Waals surface area contributed by atoms with Crippen LogP contribution in [0.15, 0.2) is 12.2 Å². The normalized spacial score (nSPS) is 17.7. The Labute approximate surface area is 103 Å². The van der Waals surface area contributed by atoms with Gasteiger partial charge in [-0.2, -0.15) is 0 Å². The van der Waals surface area contributed by atoms with Crippen LogP contribution >= 0.6 is 15.9 Å². The van der Waals surface area contributed by atoms with Crippen molar-refractivity contribution in [3.8, 4) is 0 Å². The monoisotopic (exact) mass is 290 g/mol. The number of amides is 2. The number of alkyl halides is 1. The number of primary amides is 1. The molecule has 90 valence electrons. The lowest BCUT2D eigenvalue weighted by atomic mass is 10.1. The fourth-order valence-corrected chi connectivity index (χ4v) is 1.80. The number of hydrogen-bond donors (Lipinski definition) is 1. The van der Waals surface area contributed by atoms with Crippen molar-refractivity contribution in [2.75, 3.05) is 18.4 Å². The smallest absolute Gasteiger partial charge is 0.404 e. The topological polar surface area (TPSA) is 72.6 Å². The minimum absolute atomic E-state index is 0.00280. The van der Waals surface area contributed by atoms with Gasteiger partial charge in [0.15, 0.2) is 0 Å². The molecule has 6 heteroatoms. The molecule has 2 amide bonds. The van der Waals surface area contributed by atoms with Crippen LogP contribution in [0.4, 0.5) is 4.79 Å². The van der Waals surface area contributed by atoms with E-state index in [2.05, 4.69) is 15.9 Å². The third-order valence-electron chi connectivity index (χ3n) is 2.39. The van der Waals surface area contributed by atoms with Crippen molar-refractivity contribution in [1.29, 1.82) is 0 Å². The molecule has 1 aliphatic rings. The summed E-state index contributed by atoms with van der Waals surface area (Å²) in [5, 5.41) is 0.667. The Bertz CT molecular complexity index is 286. The van der Waals surface area contributed by atoms with E-state index in [0.717, 1.165) is 0 Å². The zero-order valence-corrected chi connectivity index (χ0v) is 10.5. The number of piperidine rings is 1. The summed E-state index contributed by atoms with van der Waals surface area (Å²) in [4.78, 5) is 23.8. The Morgan fingerprint density at radius 1 is 1.44 bits per heavy atom. The van der Waals surface area contributed by atoms with Gasteiger partial charge in [-0.1, -0.05) is 22.0 Å². The molecule has 0 aromatic heterocycles. The molecule has 1 heterocycles. The number of carbonyl (C=O) groups excluding carboxylic acids is 2. The summed E-state index contributed by atoms with van der Waals surface area (Å²) in [6.07, 6.45) is 3.71. The molecule has 5 nitrogen and oxygen atoms in total. The van der Waals surface area contributed by atoms with E-state index >= 15 is 0 Å². The average molecular weight is 291 g/mol. The summed E-state index contributed by atoms with van der Waals surface area (Å²) < 4.78 is 4.88. The number of ether oxygens (including phenoxy) is 1. The summed E-state index contributed by atoms with van der Waals surface area (Å²) in [7, 11) is 0. The first kappa shape index (κ1) is 13.0. The highest BCUT2D eigenvalue weighted by molar-refractivity contribution is 9.09. The van der Waals surface area contributed by atoms with Gasteiger partial charge in [-0.15, -0.1) is 0 Å². The molecule has 0 unspecified atom stereocenters. The van der Waals surface area contributed by atoms with Crippen LogP contribution in [0, 0.1) is 0 Å². The Kier molecular flexibility index (Phi) is 5.31. The zero-order valence-electron chi connectivity index (χ0n) is 8.89. The molecular formula is C10H15BrN2O3. The Morgan fingerprint density at radius 2 is 2.06 bits per heavy atom. The molecule has 1 fully saturated rings. The van der Waals surface area contributed by atoms with E-state index in [9.17, 15) is 9.59 Å². The predicted octanol–water partition coefficient (Wildman–Crippen LogP) is 1.02. The lowest BCUT2D eigenvalue weighted by Crippen LogP contribution is -2.41. The van der Waals surface area contributed by atoms with Gasteiger partial charge >= 0.3 is 6.09 Å². The van der Waals surface area contributed by atoms with Crippen molar-refractivity contribution in [3.63, 3.8) is 0 Å². The molecule has 1 rings (SSSR count). The Balaban J connectivity index is 2.34. The predicted molar refractivity (Wildman–Crippen MR) is 63.2 cm³/mol. The van der Waals surface area contributed by atoms with E-state index in [4.69, 9.17) is 10.5 Å². The molecule has 0 aliphatic carbocycles. The lowest BCUT2D eigenvalue weighted by molar-refractivity contribution is -0.127. The van der Waals surface area contributed by atoms with Gasteiger partial charge in [0.05, 0.1) is 0 Å². The second-order valence-corrected chi connectivity index (χ2v) is 4.17. The quantitative estimate of drug-likeness (QED) is 0.623. The number of rotatable bonds is 3. The van der Waals surface area contributed by atoms with Gasteiger partial charge in [0, 0.05) is 31.3 Å². The third kappa shape index (κ3) is 4.22. The van der Waals surface area contributed by atoms with E-state index in [-0.39, 0.29) is 12.0 Å². The molecule has 0 spiro atoms. The SMILES string of the molecule is NC(=O)OC1CCN(C(=O)/C=C/CBr)CC1. The first-order valence-corrected chi connectivity index (χ1v) is 6.23. The van der Waals surface area contributed by atoms with E-state index < -0.39 is 6.09 Å². The molecular weight excluding hydrogens is 276 g/mol. The van der Waals surface area contributed by atoms with E-state index in [1.165, 1.54) is 0 Å². The number of hydrogen-bond acceptors (Lipinski definition) is 3. The summed E-state index contributed by atoms with van der Waals surface area (Å²) in [6.45, 7) is 1.20. The highest BCUT2D eigenvalue weighted by Crippen LogP contribution is 2.13. The summed E-state index contributed by atoms with van der Waals surface area (Å²) in [5.41, 5.74) is 4.93. The van der Waals surface area contributed by atoms with Gasteiger partial charge in [0.1, 0.15) is 6.10 Å². The molecule has 0 atom stereocenters. The molecule has 0 saturated carbocycles. The van der Waals surface area contributed by atoms with Crippen LogP contribution in [0.3, 0.4) is 0 Å². The molecule has 0 radical (unpaired) electrons.